The summed E-state index contributed by atoms with van der Waals surface area (Å²) in [4.78, 5) is 12.2. The summed E-state index contributed by atoms with van der Waals surface area (Å²) in [7, 11) is 0. The SMILES string of the molecule is Cc1ccc(C(=O)NCC2NCCCC2(C)C)cc1C. The molecule has 0 aliphatic carbocycles. The summed E-state index contributed by atoms with van der Waals surface area (Å²) in [5, 5.41) is 6.59. The highest BCUT2D eigenvalue weighted by atomic mass is 16.1. The van der Waals surface area contributed by atoms with Crippen molar-refractivity contribution in [3.8, 4) is 0 Å². The molecule has 1 aromatic carbocycles. The highest BCUT2D eigenvalue weighted by Crippen LogP contribution is 2.29. The molecule has 0 aromatic heterocycles. The molecule has 1 aromatic rings. The van der Waals surface area contributed by atoms with Gasteiger partial charge in [0.2, 0.25) is 0 Å². The zero-order chi connectivity index (χ0) is 14.8. The Morgan fingerprint density at radius 2 is 2.10 bits per heavy atom. The Bertz CT molecular complexity index is 494. The fourth-order valence-corrected chi connectivity index (χ4v) is 2.80. The lowest BCUT2D eigenvalue weighted by Gasteiger charge is -2.39. The first-order chi connectivity index (χ1) is 9.40. The van der Waals surface area contributed by atoms with Gasteiger partial charge < -0.3 is 10.6 Å². The Balaban J connectivity index is 1.96. The maximum absolute atomic E-state index is 12.2. The van der Waals surface area contributed by atoms with Gasteiger partial charge in [0.15, 0.2) is 0 Å². The number of rotatable bonds is 3. The third-order valence-corrected chi connectivity index (χ3v) is 4.57. The van der Waals surface area contributed by atoms with Gasteiger partial charge in [-0.3, -0.25) is 4.79 Å². The van der Waals surface area contributed by atoms with E-state index in [1.165, 1.54) is 18.4 Å². The largest absolute Gasteiger partial charge is 0.350 e. The molecule has 1 fully saturated rings. The summed E-state index contributed by atoms with van der Waals surface area (Å²) in [6.07, 6.45) is 2.43. The van der Waals surface area contributed by atoms with Crippen LogP contribution < -0.4 is 10.6 Å². The van der Waals surface area contributed by atoms with Crippen LogP contribution in [-0.4, -0.2) is 25.0 Å². The third-order valence-electron chi connectivity index (χ3n) is 4.57. The van der Waals surface area contributed by atoms with Crippen LogP contribution in [0.25, 0.3) is 0 Å². The van der Waals surface area contributed by atoms with Crippen molar-refractivity contribution >= 4 is 5.91 Å². The second-order valence-corrected chi connectivity index (χ2v) is 6.61. The van der Waals surface area contributed by atoms with Gasteiger partial charge >= 0.3 is 0 Å². The molecule has 1 saturated heterocycles. The molecular formula is C17H26N2O. The number of carbonyl (C=O) groups is 1. The van der Waals surface area contributed by atoms with Crippen LogP contribution >= 0.6 is 0 Å². The Hall–Kier alpha value is -1.35. The van der Waals surface area contributed by atoms with E-state index in [9.17, 15) is 4.79 Å². The normalized spacial score (nSPS) is 21.5. The van der Waals surface area contributed by atoms with Crippen molar-refractivity contribution in [2.75, 3.05) is 13.1 Å². The molecule has 1 aliphatic rings. The lowest BCUT2D eigenvalue weighted by atomic mass is 9.77. The molecular weight excluding hydrogens is 248 g/mol. The Labute approximate surface area is 122 Å². The Morgan fingerprint density at radius 1 is 1.35 bits per heavy atom. The molecule has 3 heteroatoms. The van der Waals surface area contributed by atoms with Crippen LogP contribution in [0.5, 0.6) is 0 Å². The number of nitrogens with one attached hydrogen (secondary N) is 2. The van der Waals surface area contributed by atoms with Crippen molar-refractivity contribution in [2.24, 2.45) is 5.41 Å². The van der Waals surface area contributed by atoms with Crippen LogP contribution in [0.4, 0.5) is 0 Å². The summed E-state index contributed by atoms with van der Waals surface area (Å²) in [5.74, 6) is 0.0243. The van der Waals surface area contributed by atoms with Crippen LogP contribution in [0.15, 0.2) is 18.2 Å². The lowest BCUT2D eigenvalue weighted by Crippen LogP contribution is -2.52. The van der Waals surface area contributed by atoms with E-state index in [-0.39, 0.29) is 11.3 Å². The van der Waals surface area contributed by atoms with Crippen molar-refractivity contribution in [1.82, 2.24) is 10.6 Å². The van der Waals surface area contributed by atoms with E-state index < -0.39 is 0 Å². The molecule has 1 amide bonds. The molecule has 1 atom stereocenters. The molecule has 2 N–H and O–H groups in total. The maximum Gasteiger partial charge on any atom is 0.251 e. The van der Waals surface area contributed by atoms with Gasteiger partial charge in [-0.1, -0.05) is 19.9 Å². The van der Waals surface area contributed by atoms with Crippen molar-refractivity contribution in [2.45, 2.75) is 46.6 Å². The predicted octanol–water partition coefficient (Wildman–Crippen LogP) is 2.81. The van der Waals surface area contributed by atoms with Gasteiger partial charge in [-0.05, 0) is 61.9 Å². The Kier molecular flexibility index (Phi) is 4.48. The van der Waals surface area contributed by atoms with Gasteiger partial charge in [-0.15, -0.1) is 0 Å². The summed E-state index contributed by atoms with van der Waals surface area (Å²) in [6, 6.07) is 6.22. The Morgan fingerprint density at radius 3 is 2.75 bits per heavy atom. The monoisotopic (exact) mass is 274 g/mol. The summed E-state index contributed by atoms with van der Waals surface area (Å²) in [5.41, 5.74) is 3.38. The minimum atomic E-state index is 0.0243. The highest BCUT2D eigenvalue weighted by Gasteiger charge is 2.31. The fraction of sp³-hybridized carbons (Fsp3) is 0.588. The minimum Gasteiger partial charge on any atom is -0.350 e. The minimum absolute atomic E-state index is 0.0243. The molecule has 20 heavy (non-hydrogen) atoms. The zero-order valence-electron chi connectivity index (χ0n) is 13.0. The maximum atomic E-state index is 12.2. The number of aryl methyl sites for hydroxylation is 2. The van der Waals surface area contributed by atoms with Gasteiger partial charge in [0.05, 0.1) is 0 Å². The lowest BCUT2D eigenvalue weighted by molar-refractivity contribution is 0.0929. The molecule has 110 valence electrons. The predicted molar refractivity (Wildman–Crippen MR) is 83.1 cm³/mol. The molecule has 2 rings (SSSR count). The molecule has 0 bridgehead atoms. The average molecular weight is 274 g/mol. The highest BCUT2D eigenvalue weighted by molar-refractivity contribution is 5.94. The fourth-order valence-electron chi connectivity index (χ4n) is 2.80. The number of amides is 1. The smallest absolute Gasteiger partial charge is 0.251 e. The van der Waals surface area contributed by atoms with Crippen molar-refractivity contribution in [1.29, 1.82) is 0 Å². The van der Waals surface area contributed by atoms with Gasteiger partial charge in [0, 0.05) is 18.2 Å². The molecule has 1 heterocycles. The summed E-state index contributed by atoms with van der Waals surface area (Å²) < 4.78 is 0. The number of carbonyl (C=O) groups excluding carboxylic acids is 1. The second kappa shape index (κ2) is 5.96. The van der Waals surface area contributed by atoms with Gasteiger partial charge in [0.1, 0.15) is 0 Å². The van der Waals surface area contributed by atoms with Crippen LogP contribution in [0.1, 0.15) is 48.2 Å². The molecule has 0 saturated carbocycles. The first-order valence-electron chi connectivity index (χ1n) is 7.49. The van der Waals surface area contributed by atoms with Crippen LogP contribution in [0.2, 0.25) is 0 Å². The molecule has 3 nitrogen and oxygen atoms in total. The van der Waals surface area contributed by atoms with E-state index in [1.54, 1.807) is 0 Å². The first kappa shape index (κ1) is 15.0. The molecule has 0 radical (unpaired) electrons. The van der Waals surface area contributed by atoms with Gasteiger partial charge in [-0.25, -0.2) is 0 Å². The zero-order valence-corrected chi connectivity index (χ0v) is 13.0. The van der Waals surface area contributed by atoms with E-state index in [2.05, 4.69) is 31.4 Å². The van der Waals surface area contributed by atoms with Crippen LogP contribution in [0.3, 0.4) is 0 Å². The number of hydrogen-bond donors (Lipinski definition) is 2. The van der Waals surface area contributed by atoms with E-state index >= 15 is 0 Å². The van der Waals surface area contributed by atoms with Crippen molar-refractivity contribution in [3.63, 3.8) is 0 Å². The van der Waals surface area contributed by atoms with Gasteiger partial charge in [0.25, 0.3) is 5.91 Å². The number of hydrogen-bond acceptors (Lipinski definition) is 2. The van der Waals surface area contributed by atoms with Crippen molar-refractivity contribution < 1.29 is 4.79 Å². The van der Waals surface area contributed by atoms with Crippen molar-refractivity contribution in [3.05, 3.63) is 34.9 Å². The standard InChI is InChI=1S/C17H26N2O/c1-12-6-7-14(10-13(12)2)16(20)19-11-15-17(3,4)8-5-9-18-15/h6-7,10,15,18H,5,8-9,11H2,1-4H3,(H,19,20). The number of benzene rings is 1. The third kappa shape index (κ3) is 3.40. The topological polar surface area (TPSA) is 41.1 Å². The van der Waals surface area contributed by atoms with E-state index in [0.717, 1.165) is 17.7 Å². The van der Waals surface area contributed by atoms with Crippen LogP contribution in [-0.2, 0) is 0 Å². The molecule has 1 unspecified atom stereocenters. The summed E-state index contributed by atoms with van der Waals surface area (Å²) in [6.45, 7) is 10.4. The molecule has 1 aliphatic heterocycles. The van der Waals surface area contributed by atoms with E-state index in [4.69, 9.17) is 0 Å². The summed E-state index contributed by atoms with van der Waals surface area (Å²) >= 11 is 0. The van der Waals surface area contributed by atoms with Gasteiger partial charge in [-0.2, -0.15) is 0 Å². The van der Waals surface area contributed by atoms with E-state index in [0.29, 0.717) is 12.6 Å². The van der Waals surface area contributed by atoms with Crippen LogP contribution in [0, 0.1) is 19.3 Å². The first-order valence-corrected chi connectivity index (χ1v) is 7.49. The second-order valence-electron chi connectivity index (χ2n) is 6.61. The average Bonchev–Trinajstić information content (AvgIpc) is 2.40. The molecule has 0 spiro atoms. The quantitative estimate of drug-likeness (QED) is 0.890. The van der Waals surface area contributed by atoms with E-state index in [1.807, 2.05) is 25.1 Å². The number of piperidine rings is 1.